The highest BCUT2D eigenvalue weighted by molar-refractivity contribution is 5.62. The molecule has 0 unspecified atom stereocenters. The van der Waals surface area contributed by atoms with Crippen LogP contribution in [0.1, 0.15) is 5.82 Å². The number of para-hydroxylation sites is 1. The van der Waals surface area contributed by atoms with Crippen LogP contribution >= 0.6 is 0 Å². The first-order valence-electron chi connectivity index (χ1n) is 4.83. The van der Waals surface area contributed by atoms with Crippen LogP contribution in [-0.2, 0) is 6.54 Å². The molecule has 0 fully saturated rings. The summed E-state index contributed by atoms with van der Waals surface area (Å²) in [4.78, 5) is 16.8. The number of anilines is 1. The number of H-pyrrole nitrogens is 1. The van der Waals surface area contributed by atoms with Crippen molar-refractivity contribution in [2.75, 3.05) is 5.32 Å². The molecule has 6 nitrogen and oxygen atoms in total. The topological polar surface area (TPSA) is 83.8 Å². The number of hydrogen-bond donors (Lipinski definition) is 2. The van der Waals surface area contributed by atoms with Crippen LogP contribution in [-0.4, -0.2) is 14.9 Å². The Morgan fingerprint density at radius 1 is 1.53 bits per heavy atom. The fraction of sp³-hybridized carbons (Fsp3) is 0.100. The van der Waals surface area contributed by atoms with E-state index in [1.807, 2.05) is 0 Å². The zero-order valence-corrected chi connectivity index (χ0v) is 8.68. The van der Waals surface area contributed by atoms with Crippen LogP contribution < -0.4 is 5.32 Å². The third-order valence-electron chi connectivity index (χ3n) is 2.18. The van der Waals surface area contributed by atoms with E-state index in [4.69, 9.17) is 0 Å². The zero-order chi connectivity index (χ0) is 12.3. The summed E-state index contributed by atoms with van der Waals surface area (Å²) in [6.45, 7) is 0.189. The van der Waals surface area contributed by atoms with Crippen molar-refractivity contribution in [1.29, 1.82) is 0 Å². The molecule has 2 aromatic rings. The number of aromatic amines is 1. The van der Waals surface area contributed by atoms with Crippen LogP contribution in [0, 0.1) is 15.9 Å². The molecular weight excluding hydrogens is 227 g/mol. The van der Waals surface area contributed by atoms with Crippen molar-refractivity contribution in [1.82, 2.24) is 9.97 Å². The van der Waals surface area contributed by atoms with E-state index in [9.17, 15) is 14.5 Å². The Hall–Kier alpha value is -2.44. The molecule has 1 aromatic carbocycles. The lowest BCUT2D eigenvalue weighted by Crippen LogP contribution is -2.05. The summed E-state index contributed by atoms with van der Waals surface area (Å²) >= 11 is 0. The standard InChI is InChI=1S/C10H9FN4O2/c11-7-2-1-3-8(15(16)17)10(7)14-6-9-12-4-5-13-9/h1-5,14H,6H2,(H,12,13). The van der Waals surface area contributed by atoms with Crippen molar-refractivity contribution in [2.24, 2.45) is 0 Å². The highest BCUT2D eigenvalue weighted by atomic mass is 19.1. The van der Waals surface area contributed by atoms with Crippen molar-refractivity contribution >= 4 is 11.4 Å². The summed E-state index contributed by atoms with van der Waals surface area (Å²) in [6.07, 6.45) is 3.17. The molecular formula is C10H9FN4O2. The maximum Gasteiger partial charge on any atom is 0.295 e. The van der Waals surface area contributed by atoms with Crippen LogP contribution in [0.25, 0.3) is 0 Å². The molecule has 0 radical (unpaired) electrons. The minimum absolute atomic E-state index is 0.131. The SMILES string of the molecule is O=[N+]([O-])c1cccc(F)c1NCc1ncc[nH]1. The molecule has 0 saturated carbocycles. The van der Waals surface area contributed by atoms with Gasteiger partial charge in [0.05, 0.1) is 11.5 Å². The van der Waals surface area contributed by atoms with Crippen LogP contribution in [0.2, 0.25) is 0 Å². The van der Waals surface area contributed by atoms with Gasteiger partial charge >= 0.3 is 0 Å². The fourth-order valence-electron chi connectivity index (χ4n) is 1.41. The second kappa shape index (κ2) is 4.60. The highest BCUT2D eigenvalue weighted by Crippen LogP contribution is 2.27. The molecule has 0 amide bonds. The predicted octanol–water partition coefficient (Wildman–Crippen LogP) is 2.07. The summed E-state index contributed by atoms with van der Waals surface area (Å²) in [6, 6.07) is 3.70. The first-order chi connectivity index (χ1) is 8.18. The Kier molecular flexibility index (Phi) is 2.99. The quantitative estimate of drug-likeness (QED) is 0.628. The van der Waals surface area contributed by atoms with Gasteiger partial charge in [-0.05, 0) is 6.07 Å². The van der Waals surface area contributed by atoms with Gasteiger partial charge in [-0.3, -0.25) is 10.1 Å². The molecule has 2 rings (SSSR count). The van der Waals surface area contributed by atoms with Crippen LogP contribution in [0.15, 0.2) is 30.6 Å². The number of nitro groups is 1. The van der Waals surface area contributed by atoms with Crippen LogP contribution in [0.3, 0.4) is 0 Å². The maximum atomic E-state index is 13.4. The van der Waals surface area contributed by atoms with E-state index < -0.39 is 10.7 Å². The van der Waals surface area contributed by atoms with Gasteiger partial charge in [-0.25, -0.2) is 9.37 Å². The molecule has 1 aromatic heterocycles. The van der Waals surface area contributed by atoms with Gasteiger partial charge in [-0.2, -0.15) is 0 Å². The molecule has 0 aliphatic rings. The Morgan fingerprint density at radius 2 is 2.35 bits per heavy atom. The van der Waals surface area contributed by atoms with Crippen molar-refractivity contribution < 1.29 is 9.31 Å². The summed E-state index contributed by atoms with van der Waals surface area (Å²) < 4.78 is 13.4. The molecule has 88 valence electrons. The molecule has 7 heteroatoms. The van der Waals surface area contributed by atoms with Crippen molar-refractivity contribution in [3.63, 3.8) is 0 Å². The number of hydrogen-bond acceptors (Lipinski definition) is 4. The molecule has 1 heterocycles. The number of benzene rings is 1. The number of nitro benzene ring substituents is 1. The second-order valence-corrected chi connectivity index (χ2v) is 3.28. The Balaban J connectivity index is 2.22. The van der Waals surface area contributed by atoms with E-state index in [1.165, 1.54) is 12.1 Å². The number of nitrogens with zero attached hydrogens (tertiary/aromatic N) is 2. The van der Waals surface area contributed by atoms with Gasteiger partial charge in [-0.1, -0.05) is 6.07 Å². The third kappa shape index (κ3) is 2.39. The Bertz CT molecular complexity index is 527. The lowest BCUT2D eigenvalue weighted by molar-refractivity contribution is -0.384. The van der Waals surface area contributed by atoms with E-state index in [2.05, 4.69) is 15.3 Å². The van der Waals surface area contributed by atoms with Crippen molar-refractivity contribution in [2.45, 2.75) is 6.54 Å². The number of rotatable bonds is 4. The maximum absolute atomic E-state index is 13.4. The van der Waals surface area contributed by atoms with E-state index in [1.54, 1.807) is 12.4 Å². The average Bonchev–Trinajstić information content (AvgIpc) is 2.80. The average molecular weight is 236 g/mol. The molecule has 0 aliphatic heterocycles. The van der Waals surface area contributed by atoms with Gasteiger partial charge in [-0.15, -0.1) is 0 Å². The molecule has 2 N–H and O–H groups in total. The predicted molar refractivity (Wildman–Crippen MR) is 59.0 cm³/mol. The summed E-state index contributed by atoms with van der Waals surface area (Å²) in [5.41, 5.74) is -0.426. The summed E-state index contributed by atoms with van der Waals surface area (Å²) in [5.74, 6) is -0.0895. The Labute approximate surface area is 95.7 Å². The van der Waals surface area contributed by atoms with Gasteiger partial charge in [0.15, 0.2) is 5.82 Å². The fourth-order valence-corrected chi connectivity index (χ4v) is 1.41. The van der Waals surface area contributed by atoms with Gasteiger partial charge < -0.3 is 10.3 Å². The number of nitrogens with one attached hydrogen (secondary N) is 2. The van der Waals surface area contributed by atoms with Gasteiger partial charge in [0.2, 0.25) is 0 Å². The molecule has 0 spiro atoms. The molecule has 0 bridgehead atoms. The third-order valence-corrected chi connectivity index (χ3v) is 2.18. The Morgan fingerprint density at radius 3 is 3.00 bits per heavy atom. The number of imidazole rings is 1. The lowest BCUT2D eigenvalue weighted by atomic mass is 10.2. The van der Waals surface area contributed by atoms with Crippen LogP contribution in [0.4, 0.5) is 15.8 Å². The van der Waals surface area contributed by atoms with Crippen LogP contribution in [0.5, 0.6) is 0 Å². The first-order valence-corrected chi connectivity index (χ1v) is 4.83. The number of halogens is 1. The monoisotopic (exact) mass is 236 g/mol. The van der Waals surface area contributed by atoms with E-state index in [0.717, 1.165) is 6.07 Å². The number of aromatic nitrogens is 2. The van der Waals surface area contributed by atoms with E-state index >= 15 is 0 Å². The van der Waals surface area contributed by atoms with Gasteiger partial charge in [0, 0.05) is 18.5 Å². The molecule has 17 heavy (non-hydrogen) atoms. The van der Waals surface area contributed by atoms with Gasteiger partial charge in [0.25, 0.3) is 5.69 Å². The molecule has 0 saturated heterocycles. The summed E-state index contributed by atoms with van der Waals surface area (Å²) in [7, 11) is 0. The van der Waals surface area contributed by atoms with E-state index in [-0.39, 0.29) is 17.9 Å². The molecule has 0 atom stereocenters. The second-order valence-electron chi connectivity index (χ2n) is 3.28. The zero-order valence-electron chi connectivity index (χ0n) is 8.68. The largest absolute Gasteiger partial charge is 0.370 e. The minimum atomic E-state index is -0.661. The van der Waals surface area contributed by atoms with Crippen molar-refractivity contribution in [3.05, 3.63) is 52.3 Å². The van der Waals surface area contributed by atoms with Crippen molar-refractivity contribution in [3.8, 4) is 0 Å². The van der Waals surface area contributed by atoms with E-state index in [0.29, 0.717) is 5.82 Å². The summed E-state index contributed by atoms with van der Waals surface area (Å²) in [5, 5.41) is 13.4. The normalized spacial score (nSPS) is 10.2. The first kappa shape index (κ1) is 11.1. The minimum Gasteiger partial charge on any atom is -0.370 e. The highest BCUT2D eigenvalue weighted by Gasteiger charge is 2.17. The smallest absolute Gasteiger partial charge is 0.295 e. The van der Waals surface area contributed by atoms with Gasteiger partial charge in [0.1, 0.15) is 11.5 Å². The molecule has 0 aliphatic carbocycles. The lowest BCUT2D eigenvalue weighted by Gasteiger charge is -2.06.